The predicted molar refractivity (Wildman–Crippen MR) is 121 cm³/mol. The second-order valence-electron chi connectivity index (χ2n) is 11.1. The first-order valence-corrected chi connectivity index (χ1v) is 11.9. The number of methoxy groups -OCH3 is 1. The molecular weight excluding hydrogens is 370 g/mol. The van der Waals surface area contributed by atoms with Gasteiger partial charge in [0.2, 0.25) is 5.91 Å². The zero-order valence-corrected chi connectivity index (χ0v) is 19.3. The van der Waals surface area contributed by atoms with Crippen LogP contribution in [0.4, 0.5) is 0 Å². The summed E-state index contributed by atoms with van der Waals surface area (Å²) >= 11 is 0. The maximum atomic E-state index is 12.4. The maximum Gasteiger partial charge on any atom is 0.222 e. The lowest BCUT2D eigenvalue weighted by Gasteiger charge is -2.63. The molecule has 30 heavy (non-hydrogen) atoms. The Morgan fingerprint density at radius 1 is 1.10 bits per heavy atom. The minimum atomic E-state index is 0.267. The third-order valence-corrected chi connectivity index (χ3v) is 9.91. The van der Waals surface area contributed by atoms with E-state index in [1.54, 1.807) is 12.7 Å². The maximum absolute atomic E-state index is 12.4. The highest BCUT2D eigenvalue weighted by molar-refractivity contribution is 5.77. The SMILES string of the molecule is COc1ccc(C2=CC[C@H]3[C@@H]4C(C)CC5N(C)C(=O)CC[C@]5(C)[C@@H]4CC[C@]23C)cc1. The molecule has 1 aromatic carbocycles. The molecule has 162 valence electrons. The number of hydrogen-bond acceptors (Lipinski definition) is 2. The third kappa shape index (κ3) is 2.66. The summed E-state index contributed by atoms with van der Waals surface area (Å²) in [5.74, 6) is 4.19. The van der Waals surface area contributed by atoms with E-state index in [4.69, 9.17) is 4.74 Å². The van der Waals surface area contributed by atoms with Crippen LogP contribution in [-0.2, 0) is 4.79 Å². The smallest absolute Gasteiger partial charge is 0.222 e. The highest BCUT2D eigenvalue weighted by Gasteiger charge is 2.61. The zero-order chi connectivity index (χ0) is 21.3. The summed E-state index contributed by atoms with van der Waals surface area (Å²) in [6.45, 7) is 7.52. The van der Waals surface area contributed by atoms with Crippen LogP contribution >= 0.6 is 0 Å². The van der Waals surface area contributed by atoms with Crippen LogP contribution in [0.25, 0.3) is 5.57 Å². The van der Waals surface area contributed by atoms with E-state index in [0.717, 1.165) is 36.3 Å². The molecule has 0 aromatic heterocycles. The molecular formula is C27H37NO2. The van der Waals surface area contributed by atoms with Crippen LogP contribution in [0.5, 0.6) is 5.75 Å². The number of carbonyl (C=O) groups is 1. The summed E-state index contributed by atoms with van der Waals surface area (Å²) in [7, 11) is 3.79. The number of piperidine rings is 1. The first-order valence-electron chi connectivity index (χ1n) is 11.9. The summed E-state index contributed by atoms with van der Waals surface area (Å²) in [6.07, 6.45) is 9.30. The monoisotopic (exact) mass is 407 g/mol. The predicted octanol–water partition coefficient (Wildman–Crippen LogP) is 5.80. The zero-order valence-electron chi connectivity index (χ0n) is 19.3. The van der Waals surface area contributed by atoms with E-state index in [2.05, 4.69) is 63.1 Å². The van der Waals surface area contributed by atoms with E-state index in [-0.39, 0.29) is 10.8 Å². The minimum absolute atomic E-state index is 0.267. The molecule has 1 aromatic rings. The lowest BCUT2D eigenvalue weighted by molar-refractivity contribution is -0.162. The summed E-state index contributed by atoms with van der Waals surface area (Å²) in [5, 5.41) is 0. The highest BCUT2D eigenvalue weighted by Crippen LogP contribution is 2.67. The molecule has 4 aliphatic rings. The summed E-state index contributed by atoms with van der Waals surface area (Å²) in [4.78, 5) is 14.6. The van der Waals surface area contributed by atoms with E-state index in [1.807, 2.05) is 0 Å². The second kappa shape index (κ2) is 6.87. The van der Waals surface area contributed by atoms with E-state index in [0.29, 0.717) is 17.9 Å². The molecule has 1 amide bonds. The second-order valence-corrected chi connectivity index (χ2v) is 11.1. The highest BCUT2D eigenvalue weighted by atomic mass is 16.5. The number of ether oxygens (including phenoxy) is 1. The molecule has 1 saturated heterocycles. The molecule has 7 atom stereocenters. The van der Waals surface area contributed by atoms with Crippen molar-refractivity contribution in [1.29, 1.82) is 0 Å². The van der Waals surface area contributed by atoms with E-state index >= 15 is 0 Å². The topological polar surface area (TPSA) is 29.5 Å². The normalized spacial score (nSPS) is 42.8. The number of hydrogen-bond donors (Lipinski definition) is 0. The van der Waals surface area contributed by atoms with Crippen molar-refractivity contribution >= 4 is 11.5 Å². The fourth-order valence-electron chi connectivity index (χ4n) is 8.25. The van der Waals surface area contributed by atoms with Crippen LogP contribution in [0, 0.1) is 34.5 Å². The number of amides is 1. The molecule has 3 heteroatoms. The number of allylic oxidation sites excluding steroid dienone is 2. The molecule has 0 bridgehead atoms. The average Bonchev–Trinajstić information content (AvgIpc) is 3.10. The Hall–Kier alpha value is -1.77. The van der Waals surface area contributed by atoms with Crippen LogP contribution in [0.1, 0.15) is 64.9 Å². The largest absolute Gasteiger partial charge is 0.497 e. The number of benzene rings is 1. The standard InChI is InChI=1S/C27H37NO2/c1-17-16-23-27(3,15-13-24(29)28(23)4)22-12-14-26(2)20(10-11-21(26)25(17)22)18-6-8-19(30-5)9-7-18/h6-10,17,21-23,25H,11-16H2,1-5H3/t17?,21-,22+,23?,25-,26+,27+/m0/s1. The van der Waals surface area contributed by atoms with Crippen molar-refractivity contribution in [3.8, 4) is 5.75 Å². The van der Waals surface area contributed by atoms with Gasteiger partial charge in [0.05, 0.1) is 7.11 Å². The molecule has 2 unspecified atom stereocenters. The van der Waals surface area contributed by atoms with Crippen molar-refractivity contribution < 1.29 is 9.53 Å². The van der Waals surface area contributed by atoms with E-state index in [1.165, 1.54) is 31.2 Å². The Kier molecular flexibility index (Phi) is 4.61. The van der Waals surface area contributed by atoms with Gasteiger partial charge in [-0.1, -0.05) is 39.0 Å². The lowest BCUT2D eigenvalue weighted by atomic mass is 9.44. The van der Waals surface area contributed by atoms with Gasteiger partial charge in [-0.05, 0) is 89.9 Å². The van der Waals surface area contributed by atoms with E-state index < -0.39 is 0 Å². The molecule has 1 heterocycles. The fraction of sp³-hybridized carbons (Fsp3) is 0.667. The van der Waals surface area contributed by atoms with Gasteiger partial charge in [0, 0.05) is 19.5 Å². The van der Waals surface area contributed by atoms with Crippen molar-refractivity contribution in [3.05, 3.63) is 35.9 Å². The Balaban J connectivity index is 1.46. The van der Waals surface area contributed by atoms with Crippen LogP contribution in [0.2, 0.25) is 0 Å². The molecule has 0 N–H and O–H groups in total. The van der Waals surface area contributed by atoms with Gasteiger partial charge in [-0.25, -0.2) is 0 Å². The third-order valence-electron chi connectivity index (χ3n) is 9.91. The molecule has 3 aliphatic carbocycles. The first-order chi connectivity index (χ1) is 14.3. The number of rotatable bonds is 2. The van der Waals surface area contributed by atoms with E-state index in [9.17, 15) is 4.79 Å². The molecule has 3 nitrogen and oxygen atoms in total. The molecule has 5 rings (SSSR count). The number of likely N-dealkylation sites (tertiary alicyclic amines) is 1. The van der Waals surface area contributed by atoms with Crippen LogP contribution in [0.3, 0.4) is 0 Å². The van der Waals surface area contributed by atoms with Gasteiger partial charge >= 0.3 is 0 Å². The van der Waals surface area contributed by atoms with Crippen LogP contribution in [-0.4, -0.2) is 31.0 Å². The number of fused-ring (bicyclic) bond motifs is 5. The van der Waals surface area contributed by atoms with Crippen molar-refractivity contribution in [3.63, 3.8) is 0 Å². The Bertz CT molecular complexity index is 873. The summed E-state index contributed by atoms with van der Waals surface area (Å²) in [6, 6.07) is 9.11. The number of carbonyl (C=O) groups excluding carboxylic acids is 1. The van der Waals surface area contributed by atoms with Gasteiger partial charge < -0.3 is 9.64 Å². The quantitative estimate of drug-likeness (QED) is 0.620. The average molecular weight is 408 g/mol. The van der Waals surface area contributed by atoms with Crippen molar-refractivity contribution in [2.75, 3.05) is 14.2 Å². The van der Waals surface area contributed by atoms with Gasteiger partial charge in [0.25, 0.3) is 0 Å². The molecule has 0 spiro atoms. The molecule has 1 aliphatic heterocycles. The Morgan fingerprint density at radius 3 is 2.53 bits per heavy atom. The van der Waals surface area contributed by atoms with Crippen molar-refractivity contribution in [2.45, 2.75) is 65.3 Å². The molecule has 2 saturated carbocycles. The molecule has 3 fully saturated rings. The van der Waals surface area contributed by atoms with Crippen LogP contribution < -0.4 is 4.74 Å². The summed E-state index contributed by atoms with van der Waals surface area (Å²) < 4.78 is 5.38. The number of nitrogens with zero attached hydrogens (tertiary/aromatic N) is 1. The van der Waals surface area contributed by atoms with Gasteiger partial charge in [-0.2, -0.15) is 0 Å². The van der Waals surface area contributed by atoms with Gasteiger partial charge in [0.15, 0.2) is 0 Å². The minimum Gasteiger partial charge on any atom is -0.497 e. The molecule has 0 radical (unpaired) electrons. The lowest BCUT2D eigenvalue weighted by Crippen LogP contribution is -2.63. The van der Waals surface area contributed by atoms with Crippen molar-refractivity contribution in [1.82, 2.24) is 4.90 Å². The van der Waals surface area contributed by atoms with Gasteiger partial charge in [-0.3, -0.25) is 4.79 Å². The Labute approximate surface area is 181 Å². The van der Waals surface area contributed by atoms with Gasteiger partial charge in [-0.15, -0.1) is 0 Å². The van der Waals surface area contributed by atoms with Crippen LogP contribution in [0.15, 0.2) is 30.3 Å². The van der Waals surface area contributed by atoms with Crippen molar-refractivity contribution in [2.24, 2.45) is 34.5 Å². The first kappa shape index (κ1) is 20.2. The Morgan fingerprint density at radius 2 is 1.83 bits per heavy atom. The van der Waals surface area contributed by atoms with Gasteiger partial charge in [0.1, 0.15) is 5.75 Å². The summed E-state index contributed by atoms with van der Waals surface area (Å²) in [5.41, 5.74) is 3.48. The fourth-order valence-corrected chi connectivity index (χ4v) is 8.25.